The highest BCUT2D eigenvalue weighted by atomic mass is 32.2. The molecule has 2 aromatic heterocycles. The SMILES string of the molecule is CN1C(=O)N(C)c2c(N=Nc3ccc(S(=O)(=O)N=C(N)N)cc3)c1nn2C(=O)c1cccnc1. The number of hydrogen-bond acceptors (Lipinski definition) is 8. The Labute approximate surface area is 193 Å². The topological polar surface area (TPSA) is 195 Å². The van der Waals surface area contributed by atoms with Gasteiger partial charge < -0.3 is 11.5 Å². The lowest BCUT2D eigenvalue weighted by Gasteiger charge is -2.26. The van der Waals surface area contributed by atoms with Gasteiger partial charge in [-0.25, -0.2) is 4.79 Å². The van der Waals surface area contributed by atoms with E-state index in [0.717, 1.165) is 4.68 Å². The van der Waals surface area contributed by atoms with Gasteiger partial charge in [-0.1, -0.05) is 0 Å². The summed E-state index contributed by atoms with van der Waals surface area (Å²) in [5, 5.41) is 12.6. The Bertz CT molecular complexity index is 1440. The number of nitrogens with two attached hydrogens (primary N) is 2. The highest BCUT2D eigenvalue weighted by molar-refractivity contribution is 7.90. The summed E-state index contributed by atoms with van der Waals surface area (Å²) < 4.78 is 28.4. The van der Waals surface area contributed by atoms with Crippen molar-refractivity contribution in [3.63, 3.8) is 0 Å². The first-order valence-corrected chi connectivity index (χ1v) is 11.0. The molecule has 0 atom stereocenters. The molecule has 1 aliphatic heterocycles. The highest BCUT2D eigenvalue weighted by Gasteiger charge is 2.37. The predicted octanol–water partition coefficient (Wildman–Crippen LogP) is 1.35. The van der Waals surface area contributed by atoms with Crippen LogP contribution in [0, 0.1) is 0 Å². The Morgan fingerprint density at radius 2 is 1.74 bits per heavy atom. The van der Waals surface area contributed by atoms with E-state index in [0.29, 0.717) is 5.69 Å². The summed E-state index contributed by atoms with van der Waals surface area (Å²) in [6, 6.07) is 8.09. The number of amides is 2. The first-order valence-electron chi connectivity index (χ1n) is 9.57. The molecule has 1 aliphatic rings. The zero-order valence-corrected chi connectivity index (χ0v) is 18.7. The average Bonchev–Trinajstić information content (AvgIpc) is 3.15. The van der Waals surface area contributed by atoms with Crippen molar-refractivity contribution < 1.29 is 18.0 Å². The molecule has 4 N–H and O–H groups in total. The fourth-order valence-electron chi connectivity index (χ4n) is 3.15. The molecule has 15 heteroatoms. The van der Waals surface area contributed by atoms with E-state index in [4.69, 9.17) is 11.5 Å². The summed E-state index contributed by atoms with van der Waals surface area (Å²) in [5.41, 5.74) is 11.0. The highest BCUT2D eigenvalue weighted by Crippen LogP contribution is 2.43. The van der Waals surface area contributed by atoms with Gasteiger partial charge in [0.15, 0.2) is 17.3 Å². The van der Waals surface area contributed by atoms with E-state index >= 15 is 0 Å². The summed E-state index contributed by atoms with van der Waals surface area (Å²) in [5.74, 6) is -0.831. The van der Waals surface area contributed by atoms with Crippen molar-refractivity contribution in [3.8, 4) is 0 Å². The number of hydrogen-bond donors (Lipinski definition) is 2. The minimum Gasteiger partial charge on any atom is -0.369 e. The number of guanidine groups is 1. The molecule has 3 heterocycles. The van der Waals surface area contributed by atoms with Gasteiger partial charge in [0.2, 0.25) is 5.96 Å². The second kappa shape index (κ2) is 8.36. The van der Waals surface area contributed by atoms with Gasteiger partial charge in [0.25, 0.3) is 15.9 Å². The number of carbonyl (C=O) groups is 2. The van der Waals surface area contributed by atoms with Crippen molar-refractivity contribution in [1.82, 2.24) is 14.8 Å². The number of sulfonamides is 1. The third-order valence-electron chi connectivity index (χ3n) is 4.75. The van der Waals surface area contributed by atoms with E-state index < -0.39 is 27.9 Å². The molecule has 3 aromatic rings. The van der Waals surface area contributed by atoms with E-state index in [1.54, 1.807) is 12.1 Å². The van der Waals surface area contributed by atoms with Gasteiger partial charge >= 0.3 is 6.03 Å². The van der Waals surface area contributed by atoms with E-state index in [1.807, 2.05) is 0 Å². The maximum atomic E-state index is 13.0. The molecule has 0 saturated heterocycles. The van der Waals surface area contributed by atoms with Gasteiger partial charge in [-0.05, 0) is 36.4 Å². The number of aromatic nitrogens is 3. The van der Waals surface area contributed by atoms with Crippen molar-refractivity contribution in [2.75, 3.05) is 23.9 Å². The largest absolute Gasteiger partial charge is 0.369 e. The van der Waals surface area contributed by atoms with Crippen LogP contribution in [0.4, 0.5) is 27.8 Å². The second-order valence-corrected chi connectivity index (χ2v) is 8.64. The van der Waals surface area contributed by atoms with Crippen LogP contribution in [0.25, 0.3) is 0 Å². The fraction of sp³-hybridized carbons (Fsp3) is 0.105. The molecule has 34 heavy (non-hydrogen) atoms. The number of benzene rings is 1. The van der Waals surface area contributed by atoms with Crippen LogP contribution in [0.1, 0.15) is 10.4 Å². The molecular formula is C19H18N10O4S. The maximum absolute atomic E-state index is 13.0. The number of nitrogens with zero attached hydrogens (tertiary/aromatic N) is 8. The van der Waals surface area contributed by atoms with E-state index in [-0.39, 0.29) is 27.8 Å². The van der Waals surface area contributed by atoms with Crippen molar-refractivity contribution >= 4 is 50.9 Å². The Hall–Kier alpha value is -4.66. The summed E-state index contributed by atoms with van der Waals surface area (Å²) in [7, 11) is -1.07. The number of azo groups is 1. The lowest BCUT2D eigenvalue weighted by atomic mass is 10.2. The quantitative estimate of drug-likeness (QED) is 0.309. The second-order valence-electron chi connectivity index (χ2n) is 7.04. The summed E-state index contributed by atoms with van der Waals surface area (Å²) in [6.45, 7) is 0. The van der Waals surface area contributed by atoms with Crippen molar-refractivity contribution in [2.45, 2.75) is 4.90 Å². The van der Waals surface area contributed by atoms with Crippen LogP contribution >= 0.6 is 0 Å². The zero-order valence-electron chi connectivity index (χ0n) is 17.9. The Kier molecular flexibility index (Phi) is 5.54. The first-order chi connectivity index (χ1) is 16.1. The van der Waals surface area contributed by atoms with E-state index in [2.05, 4.69) is 24.7 Å². The average molecular weight is 482 g/mol. The van der Waals surface area contributed by atoms with Crippen LogP contribution in [0.15, 0.2) is 68.3 Å². The van der Waals surface area contributed by atoms with Crippen LogP contribution in [-0.4, -0.2) is 55.2 Å². The van der Waals surface area contributed by atoms with Crippen molar-refractivity contribution in [2.24, 2.45) is 26.1 Å². The lowest BCUT2D eigenvalue weighted by molar-refractivity contribution is 0.0947. The van der Waals surface area contributed by atoms with Crippen molar-refractivity contribution in [3.05, 3.63) is 54.4 Å². The molecule has 0 aliphatic carbocycles. The van der Waals surface area contributed by atoms with Crippen LogP contribution in [-0.2, 0) is 10.0 Å². The molecule has 0 spiro atoms. The molecular weight excluding hydrogens is 464 g/mol. The number of anilines is 2. The standard InChI is InChI=1S/C19H18N10O4S/c1-27-15-14(24-23-12-5-7-13(8-6-12)34(32,33)26-18(20)21)16(28(2)19(27)31)29(25-15)17(30)11-4-3-9-22-10-11/h3-10H,1-2H3,(H4,20,21,26). The third kappa shape index (κ3) is 3.95. The molecule has 2 amide bonds. The van der Waals surface area contributed by atoms with E-state index in [9.17, 15) is 18.0 Å². The van der Waals surface area contributed by atoms with Gasteiger partial charge in [-0.3, -0.25) is 19.6 Å². The normalized spacial score (nSPS) is 13.4. The van der Waals surface area contributed by atoms with Gasteiger partial charge in [0.1, 0.15) is 0 Å². The third-order valence-corrected chi connectivity index (χ3v) is 6.07. The number of urea groups is 1. The minimum absolute atomic E-state index is 0.127. The molecule has 4 rings (SSSR count). The van der Waals surface area contributed by atoms with E-state index in [1.165, 1.54) is 60.6 Å². The van der Waals surface area contributed by atoms with Crippen LogP contribution in [0.5, 0.6) is 0 Å². The van der Waals surface area contributed by atoms with Crippen LogP contribution in [0.3, 0.4) is 0 Å². The zero-order chi connectivity index (χ0) is 24.6. The molecule has 0 unspecified atom stereocenters. The van der Waals surface area contributed by atoms with Gasteiger partial charge in [-0.15, -0.1) is 14.6 Å². The van der Waals surface area contributed by atoms with Crippen LogP contribution in [0.2, 0.25) is 0 Å². The molecule has 1 aromatic carbocycles. The van der Waals surface area contributed by atoms with Gasteiger partial charge in [0.05, 0.1) is 16.1 Å². The van der Waals surface area contributed by atoms with Gasteiger partial charge in [-0.2, -0.15) is 18.2 Å². The molecule has 0 radical (unpaired) electrons. The number of pyridine rings is 1. The van der Waals surface area contributed by atoms with Crippen molar-refractivity contribution in [1.29, 1.82) is 0 Å². The lowest BCUT2D eigenvalue weighted by Crippen LogP contribution is -2.41. The first kappa shape index (κ1) is 22.5. The number of fused-ring (bicyclic) bond motifs is 2. The monoisotopic (exact) mass is 482 g/mol. The Balaban J connectivity index is 1.72. The molecule has 2 bridgehead atoms. The maximum Gasteiger partial charge on any atom is 0.330 e. The fourth-order valence-corrected chi connectivity index (χ4v) is 4.01. The molecule has 0 fully saturated rings. The summed E-state index contributed by atoms with van der Waals surface area (Å²) in [4.78, 5) is 31.8. The summed E-state index contributed by atoms with van der Waals surface area (Å²) >= 11 is 0. The molecule has 174 valence electrons. The minimum atomic E-state index is -4.05. The Morgan fingerprint density at radius 3 is 2.35 bits per heavy atom. The Morgan fingerprint density at radius 1 is 1.03 bits per heavy atom. The van der Waals surface area contributed by atoms with Gasteiger partial charge in [0, 0.05) is 26.5 Å². The predicted molar refractivity (Wildman–Crippen MR) is 122 cm³/mol. The number of carbonyl (C=O) groups excluding carboxylic acids is 2. The molecule has 14 nitrogen and oxygen atoms in total. The summed E-state index contributed by atoms with van der Waals surface area (Å²) in [6.07, 6.45) is 2.91. The molecule has 0 saturated carbocycles. The number of rotatable bonds is 5. The smallest absolute Gasteiger partial charge is 0.330 e. The van der Waals surface area contributed by atoms with Crippen LogP contribution < -0.4 is 21.3 Å².